The Bertz CT molecular complexity index is 683. The van der Waals surface area contributed by atoms with Crippen LogP contribution in [0.2, 0.25) is 0 Å². The maximum absolute atomic E-state index is 13.3. The van der Waals surface area contributed by atoms with Gasteiger partial charge in [-0.15, -0.1) is 0 Å². The lowest BCUT2D eigenvalue weighted by molar-refractivity contribution is -0.126. The minimum atomic E-state index is -0.429. The zero-order valence-corrected chi connectivity index (χ0v) is 12.1. The highest BCUT2D eigenvalue weighted by atomic mass is 19.1. The van der Waals surface area contributed by atoms with E-state index in [2.05, 4.69) is 10.3 Å². The molecule has 6 heteroatoms. The number of hydrogen-bond acceptors (Lipinski definition) is 3. The number of nitrogens with one attached hydrogen (secondary N) is 1. The van der Waals surface area contributed by atoms with E-state index in [0.717, 1.165) is 11.9 Å². The Kier molecular flexibility index (Phi) is 3.63. The maximum Gasteiger partial charge on any atom is 0.255 e. The summed E-state index contributed by atoms with van der Waals surface area (Å²) in [6, 6.07) is 4.43. The van der Waals surface area contributed by atoms with Crippen molar-refractivity contribution in [3.05, 3.63) is 24.0 Å². The smallest absolute Gasteiger partial charge is 0.255 e. The first-order valence-electron chi connectivity index (χ1n) is 7.20. The summed E-state index contributed by atoms with van der Waals surface area (Å²) in [5.74, 6) is -0.0924. The van der Waals surface area contributed by atoms with Gasteiger partial charge in [0.2, 0.25) is 5.95 Å². The number of carbonyl (C=O) groups excluding carboxylic acids is 1. The van der Waals surface area contributed by atoms with Crippen molar-refractivity contribution in [2.24, 2.45) is 0 Å². The van der Waals surface area contributed by atoms with Crippen LogP contribution in [0.3, 0.4) is 0 Å². The average Bonchev–Trinajstić information content (AvgIpc) is 3.01. The Balaban J connectivity index is 1.88. The first-order chi connectivity index (χ1) is 10.1. The molecule has 1 aliphatic rings. The van der Waals surface area contributed by atoms with Crippen LogP contribution in [0.15, 0.2) is 18.2 Å². The van der Waals surface area contributed by atoms with Gasteiger partial charge in [0.1, 0.15) is 11.9 Å². The number of anilines is 1. The quantitative estimate of drug-likeness (QED) is 0.946. The number of rotatable bonds is 3. The van der Waals surface area contributed by atoms with Crippen molar-refractivity contribution in [1.29, 1.82) is 0 Å². The third-order valence-electron chi connectivity index (χ3n) is 3.79. The van der Waals surface area contributed by atoms with Crippen LogP contribution in [0.1, 0.15) is 26.7 Å². The van der Waals surface area contributed by atoms with E-state index in [9.17, 15) is 9.18 Å². The lowest BCUT2D eigenvalue weighted by atomic mass is 10.2. The normalized spacial score (nSPS) is 21.9. The lowest BCUT2D eigenvalue weighted by Crippen LogP contribution is -2.29. The van der Waals surface area contributed by atoms with E-state index in [1.54, 1.807) is 6.07 Å². The van der Waals surface area contributed by atoms with E-state index in [-0.39, 0.29) is 17.8 Å². The number of halogens is 1. The van der Waals surface area contributed by atoms with Crippen molar-refractivity contribution in [2.45, 2.75) is 45.4 Å². The van der Waals surface area contributed by atoms with Gasteiger partial charge in [0, 0.05) is 12.6 Å². The molecule has 1 saturated heterocycles. The van der Waals surface area contributed by atoms with Crippen LogP contribution in [0.5, 0.6) is 0 Å². The van der Waals surface area contributed by atoms with Gasteiger partial charge >= 0.3 is 0 Å². The van der Waals surface area contributed by atoms with Gasteiger partial charge in [0.05, 0.1) is 17.1 Å². The Morgan fingerprint density at radius 3 is 3.00 bits per heavy atom. The van der Waals surface area contributed by atoms with Crippen LogP contribution < -0.4 is 5.32 Å². The third-order valence-corrected chi connectivity index (χ3v) is 3.79. The standard InChI is InChI=1S/C15H18FN3O2/c1-3-19-12-6-5-10(16)8-11(12)17-15(19)18-14(20)13-7-4-9(2)21-13/h5-6,8-9,13H,3-4,7H2,1-2H3,(H,17,18,20)/t9-,13+/m1/s1. The van der Waals surface area contributed by atoms with Gasteiger partial charge in [-0.2, -0.15) is 0 Å². The number of nitrogens with zero attached hydrogens (tertiary/aromatic N) is 2. The molecule has 2 atom stereocenters. The number of aromatic nitrogens is 2. The van der Waals surface area contributed by atoms with Gasteiger partial charge in [-0.05, 0) is 38.8 Å². The van der Waals surface area contributed by atoms with Crippen molar-refractivity contribution in [3.63, 3.8) is 0 Å². The van der Waals surface area contributed by atoms with E-state index in [4.69, 9.17) is 4.74 Å². The molecule has 1 aliphatic heterocycles. The van der Waals surface area contributed by atoms with Gasteiger partial charge in [0.15, 0.2) is 0 Å². The van der Waals surface area contributed by atoms with Gasteiger partial charge < -0.3 is 9.30 Å². The van der Waals surface area contributed by atoms with Gasteiger partial charge in [0.25, 0.3) is 5.91 Å². The molecular weight excluding hydrogens is 273 g/mol. The van der Waals surface area contributed by atoms with Crippen LogP contribution in [0, 0.1) is 5.82 Å². The monoisotopic (exact) mass is 291 g/mol. The highest BCUT2D eigenvalue weighted by molar-refractivity contribution is 5.94. The van der Waals surface area contributed by atoms with Gasteiger partial charge in [-0.1, -0.05) is 0 Å². The molecule has 0 spiro atoms. The Hall–Kier alpha value is -1.95. The second-order valence-corrected chi connectivity index (χ2v) is 5.31. The Labute approximate surface area is 122 Å². The zero-order valence-electron chi connectivity index (χ0n) is 12.1. The zero-order chi connectivity index (χ0) is 15.0. The van der Waals surface area contributed by atoms with E-state index in [1.807, 2.05) is 18.4 Å². The van der Waals surface area contributed by atoms with E-state index < -0.39 is 6.10 Å². The number of amides is 1. The predicted octanol–water partition coefficient (Wildman–Crippen LogP) is 2.70. The molecule has 2 heterocycles. The van der Waals surface area contributed by atoms with Crippen LogP contribution in [0.25, 0.3) is 11.0 Å². The van der Waals surface area contributed by atoms with E-state index >= 15 is 0 Å². The largest absolute Gasteiger partial charge is 0.365 e. The number of aryl methyl sites for hydroxylation is 1. The number of carbonyl (C=O) groups is 1. The molecule has 21 heavy (non-hydrogen) atoms. The Morgan fingerprint density at radius 2 is 2.33 bits per heavy atom. The lowest BCUT2D eigenvalue weighted by Gasteiger charge is -2.12. The number of benzene rings is 1. The predicted molar refractivity (Wildman–Crippen MR) is 77.6 cm³/mol. The fourth-order valence-electron chi connectivity index (χ4n) is 2.70. The first-order valence-corrected chi connectivity index (χ1v) is 7.20. The molecule has 1 aromatic carbocycles. The van der Waals surface area contributed by atoms with Crippen LogP contribution in [0.4, 0.5) is 10.3 Å². The second-order valence-electron chi connectivity index (χ2n) is 5.31. The molecule has 112 valence electrons. The number of hydrogen-bond donors (Lipinski definition) is 1. The fraction of sp³-hybridized carbons (Fsp3) is 0.467. The minimum Gasteiger partial charge on any atom is -0.365 e. The molecule has 1 N–H and O–H groups in total. The highest BCUT2D eigenvalue weighted by Crippen LogP contribution is 2.23. The molecule has 2 aromatic rings. The molecular formula is C15H18FN3O2. The molecule has 1 fully saturated rings. The summed E-state index contributed by atoms with van der Waals surface area (Å²) in [6.45, 7) is 4.55. The summed E-state index contributed by atoms with van der Waals surface area (Å²) in [7, 11) is 0. The molecule has 1 aromatic heterocycles. The summed E-state index contributed by atoms with van der Waals surface area (Å²) in [5.41, 5.74) is 1.34. The summed E-state index contributed by atoms with van der Waals surface area (Å²) in [4.78, 5) is 16.5. The maximum atomic E-state index is 13.3. The SMILES string of the molecule is CCn1c(NC(=O)[C@@H]2CC[C@@H](C)O2)nc2cc(F)ccc21. The molecule has 0 radical (unpaired) electrons. The van der Waals surface area contributed by atoms with Gasteiger partial charge in [-0.25, -0.2) is 9.37 Å². The van der Waals surface area contributed by atoms with Crippen LogP contribution in [-0.2, 0) is 16.1 Å². The second kappa shape index (κ2) is 5.44. The van der Waals surface area contributed by atoms with Crippen molar-refractivity contribution in [3.8, 4) is 0 Å². The van der Waals surface area contributed by atoms with Gasteiger partial charge in [-0.3, -0.25) is 10.1 Å². The molecule has 1 amide bonds. The number of fused-ring (bicyclic) bond motifs is 1. The van der Waals surface area contributed by atoms with E-state index in [0.29, 0.717) is 24.4 Å². The van der Waals surface area contributed by atoms with E-state index in [1.165, 1.54) is 12.1 Å². The molecule has 5 nitrogen and oxygen atoms in total. The fourth-order valence-corrected chi connectivity index (χ4v) is 2.70. The first kappa shape index (κ1) is 14.0. The molecule has 3 rings (SSSR count). The highest BCUT2D eigenvalue weighted by Gasteiger charge is 2.29. The van der Waals surface area contributed by atoms with Crippen molar-refractivity contribution < 1.29 is 13.9 Å². The molecule has 0 saturated carbocycles. The number of ether oxygens (including phenoxy) is 1. The molecule has 0 unspecified atom stereocenters. The summed E-state index contributed by atoms with van der Waals surface area (Å²) in [6.07, 6.45) is 1.28. The Morgan fingerprint density at radius 1 is 1.52 bits per heavy atom. The van der Waals surface area contributed by atoms with Crippen molar-refractivity contribution in [2.75, 3.05) is 5.32 Å². The average molecular weight is 291 g/mol. The molecule has 0 aliphatic carbocycles. The van der Waals surface area contributed by atoms with Crippen molar-refractivity contribution in [1.82, 2.24) is 9.55 Å². The molecule has 0 bridgehead atoms. The summed E-state index contributed by atoms with van der Waals surface area (Å²) >= 11 is 0. The summed E-state index contributed by atoms with van der Waals surface area (Å²) in [5, 5.41) is 2.80. The summed E-state index contributed by atoms with van der Waals surface area (Å²) < 4.78 is 20.7. The topological polar surface area (TPSA) is 56.2 Å². The minimum absolute atomic E-state index is 0.111. The third kappa shape index (κ3) is 2.63. The van der Waals surface area contributed by atoms with Crippen LogP contribution in [-0.4, -0.2) is 27.7 Å². The van der Waals surface area contributed by atoms with Crippen LogP contribution >= 0.6 is 0 Å². The van der Waals surface area contributed by atoms with Crippen molar-refractivity contribution >= 4 is 22.9 Å². The number of imidazole rings is 1.